The number of rotatable bonds is 6. The summed E-state index contributed by atoms with van der Waals surface area (Å²) in [5.74, 6) is -0.650. The van der Waals surface area contributed by atoms with E-state index in [1.165, 1.54) is 24.3 Å². The third-order valence-electron chi connectivity index (χ3n) is 4.78. The zero-order valence-electron chi connectivity index (χ0n) is 15.7. The van der Waals surface area contributed by atoms with Gasteiger partial charge in [0.05, 0.1) is 0 Å². The molecular formula is C26H20F2O. The molecule has 0 aliphatic heterocycles. The van der Waals surface area contributed by atoms with Crippen LogP contribution in [0.25, 0.3) is 0 Å². The van der Waals surface area contributed by atoms with Gasteiger partial charge in [-0.3, -0.25) is 0 Å². The van der Waals surface area contributed by atoms with Crippen LogP contribution in [0.3, 0.4) is 0 Å². The second-order valence-electron chi connectivity index (χ2n) is 6.83. The fourth-order valence-corrected chi connectivity index (χ4v) is 3.43. The lowest BCUT2D eigenvalue weighted by atomic mass is 9.98. The molecule has 0 saturated carbocycles. The molecule has 0 aromatic heterocycles. The molecular weight excluding hydrogens is 366 g/mol. The smallest absolute Gasteiger partial charge is 0.123 e. The van der Waals surface area contributed by atoms with Gasteiger partial charge in [0.1, 0.15) is 23.8 Å². The van der Waals surface area contributed by atoms with Gasteiger partial charge in [0.25, 0.3) is 0 Å². The fraction of sp³-hybridized carbons (Fsp3) is 0.0769. The highest BCUT2D eigenvalue weighted by Gasteiger charge is 2.23. The Balaban J connectivity index is 1.80. The first-order valence-corrected chi connectivity index (χ1v) is 9.47. The first-order valence-electron chi connectivity index (χ1n) is 9.47. The van der Waals surface area contributed by atoms with Gasteiger partial charge in [-0.1, -0.05) is 84.9 Å². The summed E-state index contributed by atoms with van der Waals surface area (Å²) in [6, 6.07) is 32.1. The van der Waals surface area contributed by atoms with Crippen molar-refractivity contribution < 1.29 is 13.5 Å². The third-order valence-corrected chi connectivity index (χ3v) is 4.78. The van der Waals surface area contributed by atoms with Crippen molar-refractivity contribution >= 4 is 0 Å². The standard InChI is InChI=1S/C26H20F2O/c27-23-15-7-13-21(17-23)25(19-9-3-1-4-10-19)29-26(20-11-5-2-6-12-20)22-14-8-16-24(28)18-22/h1-18,25-26H. The van der Waals surface area contributed by atoms with Gasteiger partial charge in [-0.25, -0.2) is 8.78 Å². The molecule has 0 amide bonds. The number of hydrogen-bond donors (Lipinski definition) is 0. The Kier molecular flexibility index (Phi) is 5.78. The van der Waals surface area contributed by atoms with E-state index in [4.69, 9.17) is 4.74 Å². The normalized spacial score (nSPS) is 13.0. The van der Waals surface area contributed by atoms with E-state index in [2.05, 4.69) is 0 Å². The highest BCUT2D eigenvalue weighted by atomic mass is 19.1. The molecule has 4 aromatic carbocycles. The van der Waals surface area contributed by atoms with E-state index in [9.17, 15) is 8.78 Å². The van der Waals surface area contributed by atoms with Crippen molar-refractivity contribution in [2.45, 2.75) is 12.2 Å². The van der Waals surface area contributed by atoms with E-state index >= 15 is 0 Å². The lowest BCUT2D eigenvalue weighted by Gasteiger charge is -2.27. The van der Waals surface area contributed by atoms with Crippen LogP contribution in [-0.4, -0.2) is 0 Å². The highest BCUT2D eigenvalue weighted by molar-refractivity contribution is 5.34. The van der Waals surface area contributed by atoms with Gasteiger partial charge in [-0.15, -0.1) is 0 Å². The highest BCUT2D eigenvalue weighted by Crippen LogP contribution is 2.36. The van der Waals surface area contributed by atoms with Gasteiger partial charge in [0.2, 0.25) is 0 Å². The molecule has 0 aliphatic rings. The minimum absolute atomic E-state index is 0.325. The first-order chi connectivity index (χ1) is 14.2. The molecule has 0 radical (unpaired) electrons. The van der Waals surface area contributed by atoms with Crippen molar-refractivity contribution in [3.8, 4) is 0 Å². The number of ether oxygens (including phenoxy) is 1. The quantitative estimate of drug-likeness (QED) is 0.352. The molecule has 0 fully saturated rings. The van der Waals surface area contributed by atoms with Crippen LogP contribution in [0.5, 0.6) is 0 Å². The number of benzene rings is 4. The summed E-state index contributed by atoms with van der Waals surface area (Å²) in [4.78, 5) is 0. The van der Waals surface area contributed by atoms with Crippen molar-refractivity contribution in [1.29, 1.82) is 0 Å². The average Bonchev–Trinajstić information content (AvgIpc) is 2.76. The second-order valence-corrected chi connectivity index (χ2v) is 6.83. The van der Waals surface area contributed by atoms with Crippen molar-refractivity contribution in [3.05, 3.63) is 143 Å². The van der Waals surface area contributed by atoms with Crippen LogP contribution < -0.4 is 0 Å². The Bertz CT molecular complexity index is 977. The molecule has 1 nitrogen and oxygen atoms in total. The maximum atomic E-state index is 14.0. The minimum Gasteiger partial charge on any atom is -0.356 e. The molecule has 144 valence electrons. The molecule has 4 rings (SSSR count). The van der Waals surface area contributed by atoms with Crippen LogP contribution in [0.4, 0.5) is 8.78 Å². The van der Waals surface area contributed by atoms with Gasteiger partial charge >= 0.3 is 0 Å². The van der Waals surface area contributed by atoms with Crippen molar-refractivity contribution in [2.75, 3.05) is 0 Å². The van der Waals surface area contributed by atoms with E-state index in [0.717, 1.165) is 11.1 Å². The maximum Gasteiger partial charge on any atom is 0.123 e. The van der Waals surface area contributed by atoms with Gasteiger partial charge in [0.15, 0.2) is 0 Å². The Morgan fingerprint density at radius 3 is 1.21 bits per heavy atom. The summed E-state index contributed by atoms with van der Waals surface area (Å²) in [7, 11) is 0. The Labute approximate surface area is 169 Å². The average molecular weight is 386 g/mol. The van der Waals surface area contributed by atoms with E-state index in [0.29, 0.717) is 11.1 Å². The minimum atomic E-state index is -0.514. The molecule has 4 aromatic rings. The fourth-order valence-electron chi connectivity index (χ4n) is 3.43. The van der Waals surface area contributed by atoms with E-state index in [-0.39, 0.29) is 11.6 Å². The monoisotopic (exact) mass is 386 g/mol. The number of hydrogen-bond acceptors (Lipinski definition) is 1. The van der Waals surface area contributed by atoms with Crippen molar-refractivity contribution in [3.63, 3.8) is 0 Å². The van der Waals surface area contributed by atoms with Gasteiger partial charge in [-0.05, 0) is 46.5 Å². The van der Waals surface area contributed by atoms with Crippen LogP contribution in [0.1, 0.15) is 34.5 Å². The summed E-state index contributed by atoms with van der Waals surface area (Å²) in [6.45, 7) is 0. The maximum absolute atomic E-state index is 14.0. The molecule has 29 heavy (non-hydrogen) atoms. The van der Waals surface area contributed by atoms with Crippen LogP contribution in [0.2, 0.25) is 0 Å². The Morgan fingerprint density at radius 2 is 0.828 bits per heavy atom. The van der Waals surface area contributed by atoms with E-state index in [1.807, 2.05) is 72.8 Å². The molecule has 0 aliphatic carbocycles. The first kappa shape index (κ1) is 19.0. The van der Waals surface area contributed by atoms with Crippen LogP contribution in [0, 0.1) is 11.6 Å². The lowest BCUT2D eigenvalue weighted by Crippen LogP contribution is -2.13. The molecule has 3 heteroatoms. The summed E-state index contributed by atoms with van der Waals surface area (Å²) in [5, 5.41) is 0. The predicted molar refractivity (Wildman–Crippen MR) is 110 cm³/mol. The van der Waals surface area contributed by atoms with Crippen LogP contribution in [0.15, 0.2) is 109 Å². The van der Waals surface area contributed by atoms with E-state index in [1.54, 1.807) is 12.1 Å². The zero-order chi connectivity index (χ0) is 20.1. The molecule has 0 saturated heterocycles. The second kappa shape index (κ2) is 8.80. The topological polar surface area (TPSA) is 9.23 Å². The molecule has 0 N–H and O–H groups in total. The number of halogens is 2. The molecule has 0 spiro atoms. The van der Waals surface area contributed by atoms with Gasteiger partial charge < -0.3 is 4.74 Å². The largest absolute Gasteiger partial charge is 0.356 e. The predicted octanol–water partition coefficient (Wildman–Crippen LogP) is 6.86. The Hall–Kier alpha value is -3.30. The molecule has 0 bridgehead atoms. The lowest BCUT2D eigenvalue weighted by molar-refractivity contribution is 0.0305. The summed E-state index contributed by atoms with van der Waals surface area (Å²) in [5.41, 5.74) is 3.20. The molecule has 0 heterocycles. The van der Waals surface area contributed by atoms with Gasteiger partial charge in [-0.2, -0.15) is 0 Å². The third kappa shape index (κ3) is 4.58. The zero-order valence-corrected chi connectivity index (χ0v) is 15.7. The summed E-state index contributed by atoms with van der Waals surface area (Å²) >= 11 is 0. The summed E-state index contributed by atoms with van der Waals surface area (Å²) < 4.78 is 34.5. The van der Waals surface area contributed by atoms with Crippen molar-refractivity contribution in [2.24, 2.45) is 0 Å². The van der Waals surface area contributed by atoms with Crippen LogP contribution >= 0.6 is 0 Å². The van der Waals surface area contributed by atoms with Gasteiger partial charge in [0, 0.05) is 0 Å². The SMILES string of the molecule is Fc1cccc(C(OC(c2ccccc2)c2cccc(F)c2)c2ccccc2)c1. The Morgan fingerprint density at radius 1 is 0.448 bits per heavy atom. The van der Waals surface area contributed by atoms with Crippen molar-refractivity contribution in [1.82, 2.24) is 0 Å². The van der Waals surface area contributed by atoms with Crippen LogP contribution in [-0.2, 0) is 4.74 Å². The molecule has 2 unspecified atom stereocenters. The van der Waals surface area contributed by atoms with E-state index < -0.39 is 12.2 Å². The molecule has 2 atom stereocenters. The summed E-state index contributed by atoms with van der Waals surface area (Å²) in [6.07, 6.45) is -1.03.